The average Bonchev–Trinajstić information content (AvgIpc) is 2.64. The highest BCUT2D eigenvalue weighted by Crippen LogP contribution is 2.06. The molecule has 1 heterocycles. The van der Waals surface area contributed by atoms with Gasteiger partial charge >= 0.3 is 0 Å². The Morgan fingerprint density at radius 1 is 1.80 bits per heavy atom. The van der Waals surface area contributed by atoms with Crippen LogP contribution in [0.15, 0.2) is 0 Å². The van der Waals surface area contributed by atoms with E-state index >= 15 is 0 Å². The van der Waals surface area contributed by atoms with Crippen LogP contribution in [0, 0.1) is 5.92 Å². The lowest BCUT2D eigenvalue weighted by Gasteiger charge is -2.04. The van der Waals surface area contributed by atoms with Crippen LogP contribution in [0.25, 0.3) is 0 Å². The van der Waals surface area contributed by atoms with Crippen molar-refractivity contribution in [2.75, 3.05) is 13.2 Å². The van der Waals surface area contributed by atoms with Crippen molar-refractivity contribution in [2.45, 2.75) is 20.0 Å². The van der Waals surface area contributed by atoms with Crippen LogP contribution in [0.3, 0.4) is 0 Å². The first kappa shape index (κ1) is 7.54. The zero-order valence-electron chi connectivity index (χ0n) is 6.39. The molecule has 0 saturated carbocycles. The number of epoxide rings is 1. The number of hydrogen-bond donors (Lipinski definition) is 1. The molecule has 1 fully saturated rings. The Bertz CT molecular complexity index is 130. The molecule has 0 radical (unpaired) electrons. The zero-order valence-corrected chi connectivity index (χ0v) is 6.39. The quantitative estimate of drug-likeness (QED) is 0.572. The highest BCUT2D eigenvalue weighted by atomic mass is 16.6. The van der Waals surface area contributed by atoms with Gasteiger partial charge in [-0.05, 0) is 0 Å². The van der Waals surface area contributed by atoms with Gasteiger partial charge in [-0.25, -0.2) is 0 Å². The Hall–Kier alpha value is -0.570. The van der Waals surface area contributed by atoms with E-state index in [-0.39, 0.29) is 11.8 Å². The maximum absolute atomic E-state index is 10.9. The molecule has 1 unspecified atom stereocenters. The third kappa shape index (κ3) is 2.35. The number of amides is 1. The van der Waals surface area contributed by atoms with E-state index in [1.165, 1.54) is 0 Å². The molecule has 1 saturated heterocycles. The van der Waals surface area contributed by atoms with Crippen molar-refractivity contribution in [3.05, 3.63) is 0 Å². The minimum Gasteiger partial charge on any atom is -0.371 e. The molecule has 3 heteroatoms. The van der Waals surface area contributed by atoms with Crippen molar-refractivity contribution in [3.8, 4) is 0 Å². The van der Waals surface area contributed by atoms with Crippen LogP contribution >= 0.6 is 0 Å². The summed E-state index contributed by atoms with van der Waals surface area (Å²) in [5.41, 5.74) is 0. The Balaban J connectivity index is 2.05. The molecule has 1 N–H and O–H groups in total. The maximum Gasteiger partial charge on any atom is 0.222 e. The minimum atomic E-state index is 0.0822. The highest BCUT2D eigenvalue weighted by Gasteiger charge is 2.22. The van der Waals surface area contributed by atoms with E-state index in [1.807, 2.05) is 13.8 Å². The van der Waals surface area contributed by atoms with Gasteiger partial charge in [-0.1, -0.05) is 13.8 Å². The summed E-state index contributed by atoms with van der Waals surface area (Å²) in [6.45, 7) is 5.24. The molecule has 0 aromatic rings. The van der Waals surface area contributed by atoms with Crippen LogP contribution in [0.4, 0.5) is 0 Å². The third-order valence-electron chi connectivity index (χ3n) is 1.43. The van der Waals surface area contributed by atoms with Gasteiger partial charge in [0.15, 0.2) is 0 Å². The summed E-state index contributed by atoms with van der Waals surface area (Å²) < 4.78 is 4.92. The van der Waals surface area contributed by atoms with Gasteiger partial charge in [-0.15, -0.1) is 0 Å². The normalized spacial score (nSPS) is 22.9. The smallest absolute Gasteiger partial charge is 0.222 e. The van der Waals surface area contributed by atoms with Gasteiger partial charge in [0.05, 0.1) is 12.7 Å². The van der Waals surface area contributed by atoms with Crippen molar-refractivity contribution in [2.24, 2.45) is 5.92 Å². The largest absolute Gasteiger partial charge is 0.371 e. The molecule has 1 amide bonds. The monoisotopic (exact) mass is 143 g/mol. The number of carbonyl (C=O) groups is 1. The molecule has 0 aromatic heterocycles. The lowest BCUT2D eigenvalue weighted by molar-refractivity contribution is -0.124. The summed E-state index contributed by atoms with van der Waals surface area (Å²) in [7, 11) is 0. The van der Waals surface area contributed by atoms with Crippen LogP contribution in [-0.2, 0) is 9.53 Å². The van der Waals surface area contributed by atoms with E-state index in [1.54, 1.807) is 0 Å². The maximum atomic E-state index is 10.9. The fourth-order valence-electron chi connectivity index (χ4n) is 0.604. The third-order valence-corrected chi connectivity index (χ3v) is 1.43. The van der Waals surface area contributed by atoms with Gasteiger partial charge in [0.2, 0.25) is 5.91 Å². The number of rotatable bonds is 3. The average molecular weight is 143 g/mol. The molecule has 1 aliphatic rings. The van der Waals surface area contributed by atoms with Crippen molar-refractivity contribution >= 4 is 5.91 Å². The van der Waals surface area contributed by atoms with Crippen LogP contribution < -0.4 is 5.32 Å². The SMILES string of the molecule is CC(C)C(=O)NCC1CO1. The van der Waals surface area contributed by atoms with E-state index < -0.39 is 0 Å². The van der Waals surface area contributed by atoms with Gasteiger partial charge < -0.3 is 10.1 Å². The Morgan fingerprint density at radius 2 is 2.40 bits per heavy atom. The fourth-order valence-corrected chi connectivity index (χ4v) is 0.604. The van der Waals surface area contributed by atoms with E-state index in [0.29, 0.717) is 12.6 Å². The van der Waals surface area contributed by atoms with Gasteiger partial charge in [0, 0.05) is 12.5 Å². The van der Waals surface area contributed by atoms with Crippen LogP contribution in [0.2, 0.25) is 0 Å². The molecule has 0 bridgehead atoms. The molecule has 10 heavy (non-hydrogen) atoms. The summed E-state index contributed by atoms with van der Waals surface area (Å²) >= 11 is 0. The summed E-state index contributed by atoms with van der Waals surface area (Å²) in [5.74, 6) is 0.189. The van der Waals surface area contributed by atoms with Crippen LogP contribution in [-0.4, -0.2) is 25.2 Å². The Kier molecular flexibility index (Phi) is 2.27. The van der Waals surface area contributed by atoms with E-state index in [4.69, 9.17) is 4.74 Å². The van der Waals surface area contributed by atoms with E-state index in [2.05, 4.69) is 5.32 Å². The zero-order chi connectivity index (χ0) is 7.56. The molecule has 1 atom stereocenters. The molecule has 1 rings (SSSR count). The van der Waals surface area contributed by atoms with Gasteiger partial charge in [0.1, 0.15) is 0 Å². The fraction of sp³-hybridized carbons (Fsp3) is 0.857. The standard InChI is InChI=1S/C7H13NO2/c1-5(2)7(9)8-3-6-4-10-6/h5-6H,3-4H2,1-2H3,(H,8,9). The first-order valence-corrected chi connectivity index (χ1v) is 3.59. The topological polar surface area (TPSA) is 41.6 Å². The Morgan fingerprint density at radius 3 is 2.80 bits per heavy atom. The minimum absolute atomic E-state index is 0.0822. The molecule has 3 nitrogen and oxygen atoms in total. The number of carbonyl (C=O) groups excluding carboxylic acids is 1. The van der Waals surface area contributed by atoms with Crippen molar-refractivity contribution < 1.29 is 9.53 Å². The van der Waals surface area contributed by atoms with Crippen LogP contribution in [0.5, 0.6) is 0 Å². The number of ether oxygens (including phenoxy) is 1. The predicted octanol–water partition coefficient (Wildman–Crippen LogP) is 0.157. The summed E-state index contributed by atoms with van der Waals surface area (Å²) in [5, 5.41) is 2.78. The number of hydrogen-bond acceptors (Lipinski definition) is 2. The molecule has 58 valence electrons. The molecule has 0 aliphatic carbocycles. The highest BCUT2D eigenvalue weighted by molar-refractivity contribution is 5.77. The second-order valence-electron chi connectivity index (χ2n) is 2.86. The lowest BCUT2D eigenvalue weighted by Crippen LogP contribution is -2.30. The van der Waals surface area contributed by atoms with Crippen molar-refractivity contribution in [3.63, 3.8) is 0 Å². The van der Waals surface area contributed by atoms with Crippen LogP contribution in [0.1, 0.15) is 13.8 Å². The first-order valence-electron chi connectivity index (χ1n) is 3.59. The Labute approximate surface area is 60.7 Å². The van der Waals surface area contributed by atoms with Gasteiger partial charge in [-0.3, -0.25) is 4.79 Å². The molecule has 0 spiro atoms. The van der Waals surface area contributed by atoms with Crippen molar-refractivity contribution in [1.82, 2.24) is 5.32 Å². The van der Waals surface area contributed by atoms with E-state index in [9.17, 15) is 4.79 Å². The molecular weight excluding hydrogens is 130 g/mol. The summed E-state index contributed by atoms with van der Waals surface area (Å²) in [6.07, 6.45) is 0.294. The molecule has 1 aliphatic heterocycles. The summed E-state index contributed by atoms with van der Waals surface area (Å²) in [6, 6.07) is 0. The number of nitrogens with one attached hydrogen (secondary N) is 1. The lowest BCUT2D eigenvalue weighted by atomic mass is 10.2. The van der Waals surface area contributed by atoms with Crippen molar-refractivity contribution in [1.29, 1.82) is 0 Å². The first-order chi connectivity index (χ1) is 4.70. The predicted molar refractivity (Wildman–Crippen MR) is 37.6 cm³/mol. The van der Waals surface area contributed by atoms with E-state index in [0.717, 1.165) is 6.61 Å². The second kappa shape index (κ2) is 3.01. The molecule has 0 aromatic carbocycles. The second-order valence-corrected chi connectivity index (χ2v) is 2.86. The van der Waals surface area contributed by atoms with Gasteiger partial charge in [-0.2, -0.15) is 0 Å². The summed E-state index contributed by atoms with van der Waals surface area (Å²) in [4.78, 5) is 10.9. The molecular formula is C7H13NO2. The van der Waals surface area contributed by atoms with Gasteiger partial charge in [0.25, 0.3) is 0 Å².